The van der Waals surface area contributed by atoms with Crippen molar-refractivity contribution in [2.45, 2.75) is 31.2 Å². The van der Waals surface area contributed by atoms with Crippen LogP contribution < -0.4 is 4.74 Å². The third-order valence-corrected chi connectivity index (χ3v) is 6.28. The van der Waals surface area contributed by atoms with Crippen molar-refractivity contribution in [1.29, 1.82) is 0 Å². The molecule has 3 heterocycles. The molecule has 1 aromatic carbocycles. The lowest BCUT2D eigenvalue weighted by atomic mass is 9.96. The fourth-order valence-electron chi connectivity index (χ4n) is 3.51. The van der Waals surface area contributed by atoms with Gasteiger partial charge in [0.25, 0.3) is 0 Å². The van der Waals surface area contributed by atoms with E-state index in [1.807, 2.05) is 55.2 Å². The minimum absolute atomic E-state index is 0.0356. The monoisotopic (exact) mass is 433 g/mol. The maximum atomic E-state index is 10.3. The Morgan fingerprint density at radius 2 is 2.23 bits per heavy atom. The van der Waals surface area contributed by atoms with Crippen LogP contribution in [-0.2, 0) is 0 Å². The maximum Gasteiger partial charge on any atom is 0.172 e. The molecule has 1 saturated heterocycles. The van der Waals surface area contributed by atoms with Gasteiger partial charge in [-0.15, -0.1) is 0 Å². The lowest BCUT2D eigenvalue weighted by Gasteiger charge is -2.28. The quantitative estimate of drug-likeness (QED) is 0.766. The molecule has 0 saturated carbocycles. The topological polar surface area (TPSA) is 58.0 Å². The summed E-state index contributed by atoms with van der Waals surface area (Å²) in [6.07, 6.45) is 1.81. The Morgan fingerprint density at radius 3 is 2.96 bits per heavy atom. The van der Waals surface area contributed by atoms with Gasteiger partial charge in [-0.2, -0.15) is 0 Å². The first kappa shape index (κ1) is 17.7. The van der Waals surface area contributed by atoms with E-state index in [1.54, 1.807) is 0 Å². The van der Waals surface area contributed by atoms with E-state index in [-0.39, 0.29) is 17.8 Å². The fraction of sp³-hybridized carbons (Fsp3) is 0.368. The molecule has 0 aliphatic carbocycles. The summed E-state index contributed by atoms with van der Waals surface area (Å²) in [7, 11) is 0. The van der Waals surface area contributed by atoms with Crippen molar-refractivity contribution >= 4 is 32.9 Å². The number of aromatic hydroxyl groups is 1. The molecule has 7 heteroatoms. The second-order valence-corrected chi connectivity index (χ2v) is 8.68. The molecule has 2 aliphatic heterocycles. The van der Waals surface area contributed by atoms with Gasteiger partial charge in [0, 0.05) is 18.0 Å². The first-order valence-electron chi connectivity index (χ1n) is 8.65. The van der Waals surface area contributed by atoms with Crippen molar-refractivity contribution in [3.05, 3.63) is 52.3 Å². The molecule has 3 atom stereocenters. The molecule has 0 amide bonds. The fourth-order valence-corrected chi connectivity index (χ4v) is 5.06. The van der Waals surface area contributed by atoms with Gasteiger partial charge < -0.3 is 14.7 Å². The highest BCUT2D eigenvalue weighted by Crippen LogP contribution is 2.49. The number of phenolic OH excluding ortho intramolecular Hbond substituents is 1. The average Bonchev–Trinajstić information content (AvgIpc) is 3.15. The van der Waals surface area contributed by atoms with Crippen molar-refractivity contribution < 1.29 is 9.84 Å². The Labute approximate surface area is 165 Å². The second kappa shape index (κ2) is 7.12. The van der Waals surface area contributed by atoms with Crippen LogP contribution in [0, 0.1) is 0 Å². The third-order valence-electron chi connectivity index (χ3n) is 4.57. The summed E-state index contributed by atoms with van der Waals surface area (Å²) in [6, 6.07) is 9.79. The molecule has 1 fully saturated rings. The number of rotatable bonds is 4. The normalized spacial score (nSPS) is 24.5. The number of phenols is 1. The number of halogens is 1. The Hall–Kier alpha value is -1.73. The molecule has 0 radical (unpaired) electrons. The number of hydrogen-bond donors (Lipinski definition) is 1. The molecule has 0 bridgehead atoms. The molecule has 4 rings (SSSR count). The van der Waals surface area contributed by atoms with Crippen molar-refractivity contribution in [2.75, 3.05) is 13.2 Å². The van der Waals surface area contributed by atoms with Gasteiger partial charge in [0.15, 0.2) is 16.7 Å². The zero-order valence-corrected chi connectivity index (χ0v) is 17.0. The van der Waals surface area contributed by atoms with Gasteiger partial charge in [-0.3, -0.25) is 9.98 Å². The predicted molar refractivity (Wildman–Crippen MR) is 108 cm³/mol. The van der Waals surface area contributed by atoms with Crippen molar-refractivity contribution in [3.63, 3.8) is 0 Å². The van der Waals surface area contributed by atoms with Gasteiger partial charge >= 0.3 is 0 Å². The van der Waals surface area contributed by atoms with Crippen LogP contribution in [0.3, 0.4) is 0 Å². The van der Waals surface area contributed by atoms with E-state index in [0.717, 1.165) is 23.0 Å². The molecule has 2 aliphatic rings. The number of thioether (sulfide) groups is 1. The molecular formula is C19H20BrN3O2S. The highest BCUT2D eigenvalue weighted by atomic mass is 79.9. The number of nitrogens with zero attached hydrogens (tertiary/aromatic N) is 3. The van der Waals surface area contributed by atoms with Gasteiger partial charge in [0.1, 0.15) is 6.04 Å². The van der Waals surface area contributed by atoms with Gasteiger partial charge in [-0.25, -0.2) is 0 Å². The molecule has 5 nitrogen and oxygen atoms in total. The minimum Gasteiger partial charge on any atom is -0.503 e. The van der Waals surface area contributed by atoms with E-state index in [4.69, 9.17) is 9.73 Å². The zero-order valence-electron chi connectivity index (χ0n) is 14.6. The molecule has 136 valence electrons. The second-order valence-electron chi connectivity index (χ2n) is 6.42. The first-order chi connectivity index (χ1) is 12.6. The highest BCUT2D eigenvalue weighted by molar-refractivity contribution is 9.10. The number of amidine groups is 1. The Morgan fingerprint density at radius 1 is 1.38 bits per heavy atom. The van der Waals surface area contributed by atoms with Crippen LogP contribution >= 0.6 is 27.7 Å². The number of pyridine rings is 1. The maximum absolute atomic E-state index is 10.3. The number of aromatic nitrogens is 1. The largest absolute Gasteiger partial charge is 0.503 e. The number of ether oxygens (including phenoxy) is 1. The first-order valence-corrected chi connectivity index (χ1v) is 10.3. The van der Waals surface area contributed by atoms with E-state index in [2.05, 4.69) is 32.7 Å². The molecule has 26 heavy (non-hydrogen) atoms. The van der Waals surface area contributed by atoms with E-state index >= 15 is 0 Å². The molecule has 2 aromatic rings. The molecule has 0 spiro atoms. The molecule has 0 unspecified atom stereocenters. The zero-order chi connectivity index (χ0) is 18.3. The Bertz CT molecular complexity index is 846. The van der Waals surface area contributed by atoms with E-state index < -0.39 is 0 Å². The van der Waals surface area contributed by atoms with E-state index in [0.29, 0.717) is 22.1 Å². The van der Waals surface area contributed by atoms with Gasteiger partial charge in [-0.1, -0.05) is 24.8 Å². The smallest absolute Gasteiger partial charge is 0.172 e. The van der Waals surface area contributed by atoms with Gasteiger partial charge in [-0.05, 0) is 52.7 Å². The third kappa shape index (κ3) is 3.07. The molecule has 1 N–H and O–H groups in total. The van der Waals surface area contributed by atoms with E-state index in [1.165, 1.54) is 0 Å². The van der Waals surface area contributed by atoms with Crippen molar-refractivity contribution in [1.82, 2.24) is 9.88 Å². The van der Waals surface area contributed by atoms with Crippen LogP contribution in [0.2, 0.25) is 0 Å². The summed E-state index contributed by atoms with van der Waals surface area (Å²) in [5, 5.41) is 11.9. The van der Waals surface area contributed by atoms with Crippen LogP contribution in [0.25, 0.3) is 0 Å². The summed E-state index contributed by atoms with van der Waals surface area (Å²) in [5.74, 6) is 0.623. The van der Waals surface area contributed by atoms with Crippen molar-refractivity contribution in [2.24, 2.45) is 4.99 Å². The average molecular weight is 434 g/mol. The number of benzene rings is 1. The summed E-state index contributed by atoms with van der Waals surface area (Å²) in [6.45, 7) is 5.57. The number of hydrogen-bond acceptors (Lipinski definition) is 6. The van der Waals surface area contributed by atoms with Crippen LogP contribution in [0.4, 0.5) is 0 Å². The highest BCUT2D eigenvalue weighted by Gasteiger charge is 2.43. The lowest BCUT2D eigenvalue weighted by molar-refractivity contribution is 0.306. The molecular weight excluding hydrogens is 414 g/mol. The van der Waals surface area contributed by atoms with Crippen LogP contribution in [0.15, 0.2) is 46.0 Å². The van der Waals surface area contributed by atoms with Crippen LogP contribution in [-0.4, -0.2) is 38.6 Å². The number of aliphatic imine (C=N–C) groups is 1. The SMILES string of the molecule is CCOc1cc([C@@H]2[C@@H](c3ccccn3)N=C3S[C@@H](C)CN32)cc(Br)c1O. The summed E-state index contributed by atoms with van der Waals surface area (Å²) >= 11 is 5.28. The van der Waals surface area contributed by atoms with E-state index in [9.17, 15) is 5.11 Å². The predicted octanol–water partition coefficient (Wildman–Crippen LogP) is 4.54. The lowest BCUT2D eigenvalue weighted by Crippen LogP contribution is -2.28. The standard InChI is InChI=1S/C19H20BrN3O2S/c1-3-25-15-9-12(8-13(20)18(15)24)17-16(14-6-4-5-7-21-14)22-19-23(17)10-11(2)26-19/h4-9,11,16-17,24H,3,10H2,1-2H3/t11-,16+,17+/m0/s1. The van der Waals surface area contributed by atoms with Gasteiger partial charge in [0.05, 0.1) is 22.8 Å². The Balaban J connectivity index is 1.80. The number of fused-ring (bicyclic) bond motifs is 1. The summed E-state index contributed by atoms with van der Waals surface area (Å²) < 4.78 is 6.27. The van der Waals surface area contributed by atoms with Gasteiger partial charge in [0.2, 0.25) is 0 Å². The summed E-state index contributed by atoms with van der Waals surface area (Å²) in [5.41, 5.74) is 2.01. The van der Waals surface area contributed by atoms with Crippen LogP contribution in [0.1, 0.15) is 37.2 Å². The Kier molecular flexibility index (Phi) is 4.84. The minimum atomic E-state index is -0.0721. The summed E-state index contributed by atoms with van der Waals surface area (Å²) in [4.78, 5) is 11.9. The van der Waals surface area contributed by atoms with Crippen LogP contribution in [0.5, 0.6) is 11.5 Å². The molecule has 1 aromatic heterocycles. The van der Waals surface area contributed by atoms with Crippen molar-refractivity contribution in [3.8, 4) is 11.5 Å².